The van der Waals surface area contributed by atoms with Gasteiger partial charge in [0.2, 0.25) is 0 Å². The van der Waals surface area contributed by atoms with Crippen LogP contribution < -0.4 is 11.2 Å². The van der Waals surface area contributed by atoms with Crippen LogP contribution in [0.1, 0.15) is 19.8 Å². The van der Waals surface area contributed by atoms with Crippen molar-refractivity contribution in [1.82, 2.24) is 15.3 Å². The van der Waals surface area contributed by atoms with Crippen molar-refractivity contribution < 1.29 is 5.11 Å². The van der Waals surface area contributed by atoms with E-state index in [0.717, 1.165) is 45.6 Å². The molecule has 5 heteroatoms. The van der Waals surface area contributed by atoms with Crippen LogP contribution in [0, 0.1) is 0 Å². The minimum Gasteiger partial charge on any atom is -0.395 e. The zero-order chi connectivity index (χ0) is 11.8. The molecule has 0 spiro atoms. The van der Waals surface area contributed by atoms with Gasteiger partial charge >= 0.3 is 0 Å². The Morgan fingerprint density at radius 3 is 2.62 bits per heavy atom. The van der Waals surface area contributed by atoms with Crippen molar-refractivity contribution in [3.63, 3.8) is 0 Å². The molecule has 0 radical (unpaired) electrons. The van der Waals surface area contributed by atoms with Gasteiger partial charge in [-0.25, -0.2) is 5.01 Å². The number of likely N-dealkylation sites (tertiary alicyclic amines) is 1. The van der Waals surface area contributed by atoms with Gasteiger partial charge < -0.3 is 15.7 Å². The van der Waals surface area contributed by atoms with Crippen LogP contribution in [0.5, 0.6) is 0 Å². The standard InChI is InChI=1S/C11H26N4O/c1-2-15(8-5-12)13-11-3-6-14(7-4-11)9-10-16/h11,13,16H,2-10,12H2,1H3. The molecule has 0 unspecified atom stereocenters. The van der Waals surface area contributed by atoms with Crippen molar-refractivity contribution in [2.45, 2.75) is 25.8 Å². The molecule has 16 heavy (non-hydrogen) atoms. The van der Waals surface area contributed by atoms with Crippen LogP contribution >= 0.6 is 0 Å². The number of hydrogen-bond donors (Lipinski definition) is 3. The molecule has 0 bridgehead atoms. The Labute approximate surface area is 98.6 Å². The van der Waals surface area contributed by atoms with Gasteiger partial charge in [0.05, 0.1) is 6.61 Å². The van der Waals surface area contributed by atoms with Crippen molar-refractivity contribution >= 4 is 0 Å². The first kappa shape index (κ1) is 13.9. The fourth-order valence-corrected chi connectivity index (χ4v) is 2.16. The molecule has 96 valence electrons. The highest BCUT2D eigenvalue weighted by Crippen LogP contribution is 2.10. The summed E-state index contributed by atoms with van der Waals surface area (Å²) in [5.41, 5.74) is 9.09. The zero-order valence-corrected chi connectivity index (χ0v) is 10.4. The predicted molar refractivity (Wildman–Crippen MR) is 66.0 cm³/mol. The Bertz CT molecular complexity index is 171. The average Bonchev–Trinajstić information content (AvgIpc) is 2.31. The first-order valence-electron chi connectivity index (χ1n) is 6.34. The quantitative estimate of drug-likeness (QED) is 0.501. The van der Waals surface area contributed by atoms with Gasteiger partial charge in [0.25, 0.3) is 0 Å². The summed E-state index contributed by atoms with van der Waals surface area (Å²) in [6.45, 7) is 7.99. The number of nitrogens with one attached hydrogen (secondary N) is 1. The van der Waals surface area contributed by atoms with Crippen LogP contribution in [0.2, 0.25) is 0 Å². The van der Waals surface area contributed by atoms with Crippen molar-refractivity contribution in [2.75, 3.05) is 45.9 Å². The number of piperidine rings is 1. The number of hydrazine groups is 1. The van der Waals surface area contributed by atoms with Crippen LogP contribution in [0.3, 0.4) is 0 Å². The molecule has 0 atom stereocenters. The highest BCUT2D eigenvalue weighted by molar-refractivity contribution is 4.76. The molecule has 5 nitrogen and oxygen atoms in total. The van der Waals surface area contributed by atoms with E-state index in [1.165, 1.54) is 0 Å². The van der Waals surface area contributed by atoms with Crippen molar-refractivity contribution in [3.8, 4) is 0 Å². The Kier molecular flexibility index (Phi) is 6.91. The molecular weight excluding hydrogens is 204 g/mol. The van der Waals surface area contributed by atoms with Gasteiger partial charge in [-0.2, -0.15) is 0 Å². The summed E-state index contributed by atoms with van der Waals surface area (Å²) in [6, 6.07) is 0.571. The molecule has 0 aromatic heterocycles. The molecular formula is C11H26N4O. The van der Waals surface area contributed by atoms with Crippen molar-refractivity contribution in [3.05, 3.63) is 0 Å². The minimum atomic E-state index is 0.270. The maximum absolute atomic E-state index is 8.86. The lowest BCUT2D eigenvalue weighted by Gasteiger charge is -2.35. The summed E-state index contributed by atoms with van der Waals surface area (Å²) in [7, 11) is 0. The van der Waals surface area contributed by atoms with E-state index in [-0.39, 0.29) is 6.61 Å². The van der Waals surface area contributed by atoms with Crippen LogP contribution in [-0.4, -0.2) is 66.9 Å². The van der Waals surface area contributed by atoms with E-state index in [4.69, 9.17) is 10.8 Å². The van der Waals surface area contributed by atoms with Crippen molar-refractivity contribution in [1.29, 1.82) is 0 Å². The van der Waals surface area contributed by atoms with Gasteiger partial charge in [-0.15, -0.1) is 0 Å². The monoisotopic (exact) mass is 230 g/mol. The van der Waals surface area contributed by atoms with Crippen LogP contribution in [0.15, 0.2) is 0 Å². The SMILES string of the molecule is CCN(CCN)NC1CCN(CCO)CC1. The third-order valence-corrected chi connectivity index (χ3v) is 3.15. The Hall–Kier alpha value is -0.200. The summed E-state index contributed by atoms with van der Waals surface area (Å²) in [6.07, 6.45) is 2.31. The molecule has 1 saturated heterocycles. The minimum absolute atomic E-state index is 0.270. The first-order valence-corrected chi connectivity index (χ1v) is 6.34. The highest BCUT2D eigenvalue weighted by Gasteiger charge is 2.19. The van der Waals surface area contributed by atoms with E-state index < -0.39 is 0 Å². The second kappa shape index (κ2) is 7.97. The normalized spacial score (nSPS) is 19.5. The number of hydrogen-bond acceptors (Lipinski definition) is 5. The maximum Gasteiger partial charge on any atom is 0.0558 e. The third-order valence-electron chi connectivity index (χ3n) is 3.15. The molecule has 1 rings (SSSR count). The number of nitrogens with zero attached hydrogens (tertiary/aromatic N) is 2. The van der Waals surface area contributed by atoms with E-state index in [9.17, 15) is 0 Å². The summed E-state index contributed by atoms with van der Waals surface area (Å²) in [5, 5.41) is 11.1. The summed E-state index contributed by atoms with van der Waals surface area (Å²) < 4.78 is 0. The zero-order valence-electron chi connectivity index (χ0n) is 10.4. The number of nitrogens with two attached hydrogens (primary N) is 1. The molecule has 1 fully saturated rings. The first-order chi connectivity index (χ1) is 7.80. The van der Waals surface area contributed by atoms with Gasteiger partial charge in [-0.05, 0) is 25.9 Å². The third kappa shape index (κ3) is 4.76. The van der Waals surface area contributed by atoms with Crippen LogP contribution in [0.4, 0.5) is 0 Å². The molecule has 4 N–H and O–H groups in total. The van der Waals surface area contributed by atoms with E-state index in [2.05, 4.69) is 22.3 Å². The average molecular weight is 230 g/mol. The lowest BCUT2D eigenvalue weighted by atomic mass is 10.1. The molecule has 0 aliphatic carbocycles. The summed E-state index contributed by atoms with van der Waals surface area (Å²) in [4.78, 5) is 2.32. The number of aliphatic hydroxyl groups excluding tert-OH is 1. The number of β-amino-alcohol motifs (C(OH)–C–C–N with tert-alkyl or cyclic N) is 1. The van der Waals surface area contributed by atoms with E-state index in [0.29, 0.717) is 12.6 Å². The van der Waals surface area contributed by atoms with Gasteiger partial charge in [0.1, 0.15) is 0 Å². The molecule has 0 saturated carbocycles. The van der Waals surface area contributed by atoms with Gasteiger partial charge in [-0.1, -0.05) is 6.92 Å². The van der Waals surface area contributed by atoms with E-state index in [1.807, 2.05) is 0 Å². The fraction of sp³-hybridized carbons (Fsp3) is 1.00. The van der Waals surface area contributed by atoms with Gasteiger partial charge in [0, 0.05) is 32.2 Å². The molecule has 0 aromatic carbocycles. The molecule has 0 amide bonds. The summed E-state index contributed by atoms with van der Waals surface area (Å²) >= 11 is 0. The summed E-state index contributed by atoms with van der Waals surface area (Å²) in [5.74, 6) is 0. The Balaban J connectivity index is 2.20. The number of aliphatic hydroxyl groups is 1. The molecule has 1 heterocycles. The lowest BCUT2D eigenvalue weighted by molar-refractivity contribution is 0.107. The maximum atomic E-state index is 8.86. The predicted octanol–water partition coefficient (Wildman–Crippen LogP) is -0.772. The number of likely N-dealkylation sites (N-methyl/N-ethyl adjacent to an activating group) is 1. The second-order valence-electron chi connectivity index (χ2n) is 4.34. The molecule has 1 aliphatic rings. The van der Waals surface area contributed by atoms with Crippen LogP contribution in [-0.2, 0) is 0 Å². The largest absolute Gasteiger partial charge is 0.395 e. The van der Waals surface area contributed by atoms with E-state index in [1.54, 1.807) is 0 Å². The highest BCUT2D eigenvalue weighted by atomic mass is 16.3. The van der Waals surface area contributed by atoms with Gasteiger partial charge in [-0.3, -0.25) is 5.43 Å². The van der Waals surface area contributed by atoms with Crippen LogP contribution in [0.25, 0.3) is 0 Å². The second-order valence-corrected chi connectivity index (χ2v) is 4.34. The Morgan fingerprint density at radius 2 is 2.12 bits per heavy atom. The fourth-order valence-electron chi connectivity index (χ4n) is 2.16. The smallest absolute Gasteiger partial charge is 0.0558 e. The van der Waals surface area contributed by atoms with Crippen molar-refractivity contribution in [2.24, 2.45) is 5.73 Å². The Morgan fingerprint density at radius 1 is 1.44 bits per heavy atom. The van der Waals surface area contributed by atoms with E-state index >= 15 is 0 Å². The lowest BCUT2D eigenvalue weighted by Crippen LogP contribution is -2.51. The molecule has 1 aliphatic heterocycles. The van der Waals surface area contributed by atoms with Gasteiger partial charge in [0.15, 0.2) is 0 Å². The molecule has 0 aromatic rings. The topological polar surface area (TPSA) is 64.8 Å². The number of rotatable bonds is 7.